The predicted molar refractivity (Wildman–Crippen MR) is 88.0 cm³/mol. The zero-order chi connectivity index (χ0) is 18.3. The topological polar surface area (TPSA) is 39.2 Å². The van der Waals surface area contributed by atoms with Crippen molar-refractivity contribution in [1.82, 2.24) is 4.98 Å². The first kappa shape index (κ1) is 17.7. The van der Waals surface area contributed by atoms with Gasteiger partial charge in [-0.1, -0.05) is 0 Å². The minimum absolute atomic E-state index is 0.0569. The van der Waals surface area contributed by atoms with Gasteiger partial charge in [-0.25, -0.2) is 22.4 Å². The molecule has 3 rings (SSSR count). The van der Waals surface area contributed by atoms with Gasteiger partial charge in [0.05, 0.1) is 28.4 Å². The second-order valence-electron chi connectivity index (χ2n) is 4.87. The Bertz CT molecular complexity index is 1000. The number of halogens is 4. The van der Waals surface area contributed by atoms with Gasteiger partial charge in [0.25, 0.3) is 0 Å². The summed E-state index contributed by atoms with van der Waals surface area (Å²) in [6.45, 7) is 0. The Morgan fingerprint density at radius 2 is 1.92 bits per heavy atom. The molecule has 2 heterocycles. The second-order valence-corrected chi connectivity index (χ2v) is 6.73. The number of esters is 1. The van der Waals surface area contributed by atoms with Crippen molar-refractivity contribution in [3.8, 4) is 11.1 Å². The Morgan fingerprint density at radius 1 is 1.20 bits per heavy atom. The highest BCUT2D eigenvalue weighted by molar-refractivity contribution is 7.98. The van der Waals surface area contributed by atoms with E-state index in [0.717, 1.165) is 30.7 Å². The summed E-state index contributed by atoms with van der Waals surface area (Å²) < 4.78 is 60.8. The van der Waals surface area contributed by atoms with Crippen LogP contribution in [0.1, 0.15) is 9.67 Å². The number of ether oxygens (including phenoxy) is 1. The number of carbonyl (C=O) groups excluding carboxylic acids is 1. The normalized spacial score (nSPS) is 11.1. The number of carbonyl (C=O) groups is 1. The van der Waals surface area contributed by atoms with Crippen molar-refractivity contribution in [3.63, 3.8) is 0 Å². The Labute approximate surface area is 147 Å². The maximum absolute atomic E-state index is 14.8. The van der Waals surface area contributed by atoms with E-state index in [1.807, 2.05) is 0 Å². The standard InChI is InChI=1S/C16H9F4NO2S2/c1-23-16(22)14-10(13-9(25-14)3-6(17)5-21-13)7-4-8(18)12(20)15(24-2)11(7)19/h3-5H,1-2H3. The van der Waals surface area contributed by atoms with E-state index in [-0.39, 0.29) is 26.2 Å². The van der Waals surface area contributed by atoms with Gasteiger partial charge in [0.15, 0.2) is 11.6 Å². The Morgan fingerprint density at radius 3 is 2.56 bits per heavy atom. The smallest absolute Gasteiger partial charge is 0.348 e. The molecule has 9 heteroatoms. The number of thiophene rings is 1. The molecule has 0 atom stereocenters. The van der Waals surface area contributed by atoms with E-state index in [9.17, 15) is 22.4 Å². The van der Waals surface area contributed by atoms with Crippen molar-refractivity contribution in [2.45, 2.75) is 4.90 Å². The molecule has 0 amide bonds. The summed E-state index contributed by atoms with van der Waals surface area (Å²) in [5, 5.41) is 0. The quantitative estimate of drug-likeness (QED) is 0.274. The van der Waals surface area contributed by atoms with Crippen LogP contribution in [0.25, 0.3) is 21.3 Å². The number of thioether (sulfide) groups is 1. The molecule has 0 bridgehead atoms. The lowest BCUT2D eigenvalue weighted by atomic mass is 10.0. The monoisotopic (exact) mass is 387 g/mol. The first-order valence-electron chi connectivity index (χ1n) is 6.77. The van der Waals surface area contributed by atoms with Crippen molar-refractivity contribution < 1.29 is 27.1 Å². The van der Waals surface area contributed by atoms with E-state index in [1.165, 1.54) is 6.26 Å². The van der Waals surface area contributed by atoms with E-state index < -0.39 is 34.1 Å². The maximum Gasteiger partial charge on any atom is 0.348 e. The van der Waals surface area contributed by atoms with Gasteiger partial charge in [0.1, 0.15) is 16.5 Å². The van der Waals surface area contributed by atoms with Gasteiger partial charge in [-0.3, -0.25) is 4.98 Å². The summed E-state index contributed by atoms with van der Waals surface area (Å²) in [6, 6.07) is 1.78. The third-order valence-corrected chi connectivity index (χ3v) is 5.33. The summed E-state index contributed by atoms with van der Waals surface area (Å²) >= 11 is 1.52. The number of aromatic nitrogens is 1. The lowest BCUT2D eigenvalue weighted by Gasteiger charge is -2.10. The van der Waals surface area contributed by atoms with Gasteiger partial charge >= 0.3 is 5.97 Å². The molecule has 0 fully saturated rings. The van der Waals surface area contributed by atoms with Crippen molar-refractivity contribution in [3.05, 3.63) is 46.5 Å². The third-order valence-electron chi connectivity index (χ3n) is 3.46. The zero-order valence-electron chi connectivity index (χ0n) is 12.8. The average molecular weight is 387 g/mol. The number of rotatable bonds is 3. The average Bonchev–Trinajstić information content (AvgIpc) is 2.96. The van der Waals surface area contributed by atoms with E-state index in [4.69, 9.17) is 0 Å². The van der Waals surface area contributed by atoms with Gasteiger partial charge in [-0.05, 0) is 18.4 Å². The van der Waals surface area contributed by atoms with Crippen LogP contribution < -0.4 is 0 Å². The fourth-order valence-electron chi connectivity index (χ4n) is 2.38. The third kappa shape index (κ3) is 2.87. The number of methoxy groups -OCH3 is 1. The molecule has 0 aliphatic carbocycles. The van der Waals surface area contributed by atoms with Gasteiger partial charge in [-0.2, -0.15) is 0 Å². The summed E-state index contributed by atoms with van der Waals surface area (Å²) in [5.74, 6) is -5.06. The minimum Gasteiger partial charge on any atom is -0.465 e. The van der Waals surface area contributed by atoms with Crippen LogP contribution in [0.3, 0.4) is 0 Å². The molecule has 1 aromatic carbocycles. The van der Waals surface area contributed by atoms with E-state index >= 15 is 0 Å². The maximum atomic E-state index is 14.8. The van der Waals surface area contributed by atoms with Gasteiger partial charge in [-0.15, -0.1) is 23.1 Å². The van der Waals surface area contributed by atoms with Crippen LogP contribution in [-0.2, 0) is 4.74 Å². The molecule has 0 N–H and O–H groups in total. The van der Waals surface area contributed by atoms with E-state index in [1.54, 1.807) is 0 Å². The molecule has 0 spiro atoms. The molecule has 3 aromatic rings. The summed E-state index contributed by atoms with van der Waals surface area (Å²) in [6.07, 6.45) is 2.29. The first-order chi connectivity index (χ1) is 11.9. The Balaban J connectivity index is 2.43. The molecule has 0 saturated heterocycles. The molecule has 130 valence electrons. The van der Waals surface area contributed by atoms with Crippen LogP contribution in [0.4, 0.5) is 17.6 Å². The lowest BCUT2D eigenvalue weighted by Crippen LogP contribution is -2.03. The molecular weight excluding hydrogens is 378 g/mol. The largest absolute Gasteiger partial charge is 0.465 e. The minimum atomic E-state index is -1.31. The highest BCUT2D eigenvalue weighted by Crippen LogP contribution is 2.42. The number of pyridine rings is 1. The highest BCUT2D eigenvalue weighted by atomic mass is 32.2. The van der Waals surface area contributed by atoms with Gasteiger partial charge < -0.3 is 4.74 Å². The van der Waals surface area contributed by atoms with Crippen molar-refractivity contribution in [2.75, 3.05) is 13.4 Å². The Kier molecular flexibility index (Phi) is 4.70. The second kappa shape index (κ2) is 6.64. The zero-order valence-corrected chi connectivity index (χ0v) is 14.5. The number of nitrogens with zero attached hydrogens (tertiary/aromatic N) is 1. The molecule has 0 unspecified atom stereocenters. The molecule has 0 aliphatic rings. The summed E-state index contributed by atoms with van der Waals surface area (Å²) in [4.78, 5) is 15.3. The van der Waals surface area contributed by atoms with Crippen molar-refractivity contribution >= 4 is 39.3 Å². The van der Waals surface area contributed by atoms with Crippen LogP contribution in [-0.4, -0.2) is 24.3 Å². The SMILES string of the molecule is COC(=O)c1sc2cc(F)cnc2c1-c1cc(F)c(F)c(SC)c1F. The number of hydrogen-bond acceptors (Lipinski definition) is 5. The fourth-order valence-corrected chi connectivity index (χ4v) is 4.07. The molecule has 25 heavy (non-hydrogen) atoms. The number of fused-ring (bicyclic) bond motifs is 1. The predicted octanol–water partition coefficient (Wildman–Crippen LogP) is 5.03. The highest BCUT2D eigenvalue weighted by Gasteiger charge is 2.27. The van der Waals surface area contributed by atoms with Crippen molar-refractivity contribution in [2.24, 2.45) is 0 Å². The summed E-state index contributed by atoms with van der Waals surface area (Å²) in [5.41, 5.74) is -0.295. The number of hydrogen-bond donors (Lipinski definition) is 0. The lowest BCUT2D eigenvalue weighted by molar-refractivity contribution is 0.0607. The van der Waals surface area contributed by atoms with Crippen LogP contribution in [0, 0.1) is 23.3 Å². The molecule has 0 radical (unpaired) electrons. The van der Waals surface area contributed by atoms with Crippen LogP contribution in [0.15, 0.2) is 23.2 Å². The molecule has 3 nitrogen and oxygen atoms in total. The molecular formula is C16H9F4NO2S2. The van der Waals surface area contributed by atoms with Crippen LogP contribution in [0.2, 0.25) is 0 Å². The summed E-state index contributed by atoms with van der Waals surface area (Å²) in [7, 11) is 1.12. The first-order valence-corrected chi connectivity index (χ1v) is 8.81. The molecule has 0 aliphatic heterocycles. The molecule has 2 aromatic heterocycles. The fraction of sp³-hybridized carbons (Fsp3) is 0.125. The van der Waals surface area contributed by atoms with Crippen LogP contribution >= 0.6 is 23.1 Å². The van der Waals surface area contributed by atoms with Crippen LogP contribution in [0.5, 0.6) is 0 Å². The Hall–Kier alpha value is -2.13. The van der Waals surface area contributed by atoms with E-state index in [2.05, 4.69) is 9.72 Å². The van der Waals surface area contributed by atoms with Gasteiger partial charge in [0.2, 0.25) is 0 Å². The number of benzene rings is 1. The van der Waals surface area contributed by atoms with E-state index in [0.29, 0.717) is 17.8 Å². The van der Waals surface area contributed by atoms with Crippen molar-refractivity contribution in [1.29, 1.82) is 0 Å². The van der Waals surface area contributed by atoms with Gasteiger partial charge in [0, 0.05) is 11.1 Å². The molecule has 0 saturated carbocycles.